The molecule has 126 valence electrons. The van der Waals surface area contributed by atoms with Gasteiger partial charge in [0.05, 0.1) is 11.8 Å². The number of benzene rings is 1. The number of aromatic nitrogens is 1. The van der Waals surface area contributed by atoms with Gasteiger partial charge in [0.2, 0.25) is 10.0 Å². The van der Waals surface area contributed by atoms with Crippen LogP contribution in [0.25, 0.3) is 10.9 Å². The summed E-state index contributed by atoms with van der Waals surface area (Å²) in [6.07, 6.45) is -0.0916. The minimum atomic E-state index is -4.36. The lowest BCUT2D eigenvalue weighted by Gasteiger charge is -2.30. The van der Waals surface area contributed by atoms with Crippen LogP contribution in [0.1, 0.15) is 29.9 Å². The van der Waals surface area contributed by atoms with E-state index in [2.05, 4.69) is 4.98 Å². The first-order valence-corrected chi connectivity index (χ1v) is 9.14. The Bertz CT molecular complexity index is 819. The van der Waals surface area contributed by atoms with Gasteiger partial charge in [0, 0.05) is 30.2 Å². The van der Waals surface area contributed by atoms with Crippen LogP contribution in [0, 0.1) is 0 Å². The number of nitrogens with one attached hydrogen (secondary N) is 1. The first-order chi connectivity index (χ1) is 10.7. The van der Waals surface area contributed by atoms with Gasteiger partial charge >= 0.3 is 6.18 Å². The number of hydrogen-bond acceptors (Lipinski definition) is 2. The van der Waals surface area contributed by atoms with Crippen LogP contribution in [-0.2, 0) is 16.2 Å². The standard InChI is InChI=1S/C15H17F3N2O2S/c1-23(21,22)20-6-4-10(5-7-20)13-9-19-14-8-11(15(16,17)18)2-3-12(13)14/h2-3,8-10,19H,4-7H2,1H3. The number of piperidine rings is 1. The van der Waals surface area contributed by atoms with Crippen LogP contribution in [0.5, 0.6) is 0 Å². The van der Waals surface area contributed by atoms with Crippen molar-refractivity contribution in [3.63, 3.8) is 0 Å². The molecule has 0 bridgehead atoms. The van der Waals surface area contributed by atoms with E-state index in [0.717, 1.165) is 23.1 Å². The SMILES string of the molecule is CS(=O)(=O)N1CCC(c2c[nH]c3cc(C(F)(F)F)ccc23)CC1. The predicted octanol–water partition coefficient (Wildman–Crippen LogP) is 3.33. The van der Waals surface area contributed by atoms with E-state index in [-0.39, 0.29) is 5.92 Å². The van der Waals surface area contributed by atoms with Crippen molar-refractivity contribution in [3.8, 4) is 0 Å². The molecule has 2 heterocycles. The summed E-state index contributed by atoms with van der Waals surface area (Å²) in [5.41, 5.74) is 0.743. The van der Waals surface area contributed by atoms with Gasteiger partial charge in [-0.05, 0) is 36.5 Å². The Kier molecular flexibility index (Phi) is 3.92. The molecule has 1 N–H and O–H groups in total. The van der Waals surface area contributed by atoms with E-state index in [4.69, 9.17) is 0 Å². The molecule has 1 aliphatic heterocycles. The number of nitrogens with zero attached hydrogens (tertiary/aromatic N) is 1. The van der Waals surface area contributed by atoms with Gasteiger partial charge in [0.15, 0.2) is 0 Å². The average molecular weight is 346 g/mol. The molecule has 1 aromatic heterocycles. The molecule has 0 radical (unpaired) electrons. The third-order valence-electron chi connectivity index (χ3n) is 4.40. The van der Waals surface area contributed by atoms with Crippen LogP contribution in [0.15, 0.2) is 24.4 Å². The summed E-state index contributed by atoms with van der Waals surface area (Å²) in [5.74, 6) is 0.151. The van der Waals surface area contributed by atoms with Crippen LogP contribution in [0.2, 0.25) is 0 Å². The summed E-state index contributed by atoms with van der Waals surface area (Å²) in [4.78, 5) is 2.91. The molecule has 1 aromatic carbocycles. The largest absolute Gasteiger partial charge is 0.416 e. The smallest absolute Gasteiger partial charge is 0.361 e. The maximum Gasteiger partial charge on any atom is 0.416 e. The van der Waals surface area contributed by atoms with Crippen LogP contribution < -0.4 is 0 Å². The van der Waals surface area contributed by atoms with Gasteiger partial charge in [-0.3, -0.25) is 0 Å². The summed E-state index contributed by atoms with van der Waals surface area (Å²) in [5, 5.41) is 0.774. The molecule has 0 aliphatic carbocycles. The van der Waals surface area contributed by atoms with Crippen molar-refractivity contribution in [1.82, 2.24) is 9.29 Å². The number of halogens is 3. The van der Waals surface area contributed by atoms with E-state index in [1.54, 1.807) is 6.20 Å². The topological polar surface area (TPSA) is 53.2 Å². The van der Waals surface area contributed by atoms with Gasteiger partial charge < -0.3 is 4.98 Å². The number of sulfonamides is 1. The normalized spacial score (nSPS) is 18.6. The Balaban J connectivity index is 1.85. The van der Waals surface area contributed by atoms with E-state index in [1.165, 1.54) is 16.6 Å². The fourth-order valence-corrected chi connectivity index (χ4v) is 4.04. The molecule has 1 saturated heterocycles. The number of rotatable bonds is 2. The third-order valence-corrected chi connectivity index (χ3v) is 5.71. The molecule has 4 nitrogen and oxygen atoms in total. The molecule has 0 atom stereocenters. The van der Waals surface area contributed by atoms with Crippen molar-refractivity contribution in [2.75, 3.05) is 19.3 Å². The number of hydrogen-bond donors (Lipinski definition) is 1. The second-order valence-corrected chi connectivity index (χ2v) is 7.92. The van der Waals surface area contributed by atoms with E-state index in [1.807, 2.05) is 0 Å². The quantitative estimate of drug-likeness (QED) is 0.907. The van der Waals surface area contributed by atoms with Crippen molar-refractivity contribution < 1.29 is 21.6 Å². The number of aromatic amines is 1. The lowest BCUT2D eigenvalue weighted by molar-refractivity contribution is -0.137. The summed E-state index contributed by atoms with van der Waals surface area (Å²) in [6, 6.07) is 3.70. The molecular weight excluding hydrogens is 329 g/mol. The molecule has 3 rings (SSSR count). The lowest BCUT2D eigenvalue weighted by Crippen LogP contribution is -2.37. The predicted molar refractivity (Wildman–Crippen MR) is 81.7 cm³/mol. The summed E-state index contributed by atoms with van der Waals surface area (Å²) >= 11 is 0. The molecule has 23 heavy (non-hydrogen) atoms. The first-order valence-electron chi connectivity index (χ1n) is 7.29. The monoisotopic (exact) mass is 346 g/mol. The Morgan fingerprint density at radius 2 is 1.87 bits per heavy atom. The lowest BCUT2D eigenvalue weighted by atomic mass is 9.90. The van der Waals surface area contributed by atoms with E-state index in [9.17, 15) is 21.6 Å². The molecule has 0 spiro atoms. The Labute approximate surface area is 132 Å². The van der Waals surface area contributed by atoms with Gasteiger partial charge in [-0.1, -0.05) is 6.07 Å². The highest BCUT2D eigenvalue weighted by Gasteiger charge is 2.31. The zero-order chi connectivity index (χ0) is 16.8. The van der Waals surface area contributed by atoms with Gasteiger partial charge in [-0.25, -0.2) is 12.7 Å². The number of alkyl halides is 3. The van der Waals surface area contributed by atoms with Crippen molar-refractivity contribution in [2.24, 2.45) is 0 Å². The molecule has 2 aromatic rings. The van der Waals surface area contributed by atoms with Crippen LogP contribution >= 0.6 is 0 Å². The van der Waals surface area contributed by atoms with Crippen molar-refractivity contribution in [1.29, 1.82) is 0 Å². The summed E-state index contributed by atoms with van der Waals surface area (Å²) in [7, 11) is -3.18. The maximum atomic E-state index is 12.8. The minimum absolute atomic E-state index is 0.151. The number of fused-ring (bicyclic) bond motifs is 1. The van der Waals surface area contributed by atoms with E-state index >= 15 is 0 Å². The maximum absolute atomic E-state index is 12.8. The van der Waals surface area contributed by atoms with Gasteiger partial charge in [-0.2, -0.15) is 13.2 Å². The van der Waals surface area contributed by atoms with Crippen molar-refractivity contribution >= 4 is 20.9 Å². The zero-order valence-corrected chi connectivity index (χ0v) is 13.3. The van der Waals surface area contributed by atoms with Gasteiger partial charge in [0.25, 0.3) is 0 Å². The Morgan fingerprint density at radius 3 is 2.43 bits per heavy atom. The molecule has 0 unspecified atom stereocenters. The minimum Gasteiger partial charge on any atom is -0.361 e. The molecule has 1 aliphatic rings. The Morgan fingerprint density at radius 1 is 1.22 bits per heavy atom. The van der Waals surface area contributed by atoms with Crippen molar-refractivity contribution in [2.45, 2.75) is 24.9 Å². The Hall–Kier alpha value is -1.54. The number of H-pyrrole nitrogens is 1. The zero-order valence-electron chi connectivity index (χ0n) is 12.5. The molecular formula is C15H17F3N2O2S. The first kappa shape index (κ1) is 16.3. The van der Waals surface area contributed by atoms with Crippen LogP contribution in [0.3, 0.4) is 0 Å². The molecule has 0 saturated carbocycles. The average Bonchev–Trinajstić information content (AvgIpc) is 2.88. The van der Waals surface area contributed by atoms with Gasteiger partial charge in [0.1, 0.15) is 0 Å². The van der Waals surface area contributed by atoms with E-state index < -0.39 is 21.8 Å². The molecule has 1 fully saturated rings. The summed E-state index contributed by atoms with van der Waals surface area (Å²) in [6.45, 7) is 0.883. The highest BCUT2D eigenvalue weighted by molar-refractivity contribution is 7.88. The molecule has 0 amide bonds. The van der Waals surface area contributed by atoms with E-state index in [0.29, 0.717) is 31.4 Å². The van der Waals surface area contributed by atoms with Crippen molar-refractivity contribution in [3.05, 3.63) is 35.5 Å². The second-order valence-electron chi connectivity index (χ2n) is 5.94. The summed E-state index contributed by atoms with van der Waals surface area (Å²) < 4.78 is 62.8. The van der Waals surface area contributed by atoms with Crippen LogP contribution in [-0.4, -0.2) is 37.1 Å². The fourth-order valence-electron chi connectivity index (χ4n) is 3.16. The fraction of sp³-hybridized carbons (Fsp3) is 0.467. The highest BCUT2D eigenvalue weighted by atomic mass is 32.2. The van der Waals surface area contributed by atoms with Crippen LogP contribution in [0.4, 0.5) is 13.2 Å². The van der Waals surface area contributed by atoms with Gasteiger partial charge in [-0.15, -0.1) is 0 Å². The highest BCUT2D eigenvalue weighted by Crippen LogP contribution is 2.36. The third kappa shape index (κ3) is 3.23. The second kappa shape index (κ2) is 5.52. The molecule has 8 heteroatoms.